The second kappa shape index (κ2) is 2.75. The Bertz CT molecular complexity index is 447. The zero-order valence-electron chi connectivity index (χ0n) is 6.63. The maximum atomic E-state index is 11.5. The number of carbonyl (C=O) groups excluding carboxylic acids is 2. The van der Waals surface area contributed by atoms with Crippen molar-refractivity contribution >= 4 is 34.5 Å². The molecule has 1 aromatic rings. The molecule has 0 saturated heterocycles. The molecular weight excluding hydrogens is 210 g/mol. The van der Waals surface area contributed by atoms with Gasteiger partial charge in [0.1, 0.15) is 10.6 Å². The van der Waals surface area contributed by atoms with Crippen LogP contribution in [-0.4, -0.2) is 16.6 Å². The number of rotatable bonds is 0. The molecule has 0 radical (unpaired) electrons. The van der Waals surface area contributed by atoms with Crippen molar-refractivity contribution in [3.05, 3.63) is 26.7 Å². The standard InChI is InChI=1S/C8H4ClNO2S/c1-3-2-4(11)5-7(6(3)12)13-8(9)10-5/h2H,1H3. The number of ketones is 2. The van der Waals surface area contributed by atoms with E-state index in [0.29, 0.717) is 10.5 Å². The number of hydrogen-bond acceptors (Lipinski definition) is 4. The number of carbonyl (C=O) groups is 2. The molecule has 1 aliphatic carbocycles. The zero-order valence-corrected chi connectivity index (χ0v) is 8.20. The smallest absolute Gasteiger partial charge is 0.206 e. The van der Waals surface area contributed by atoms with E-state index in [4.69, 9.17) is 11.6 Å². The van der Waals surface area contributed by atoms with Gasteiger partial charge in [-0.05, 0) is 13.0 Å². The van der Waals surface area contributed by atoms with Gasteiger partial charge in [0.2, 0.25) is 11.6 Å². The van der Waals surface area contributed by atoms with E-state index in [0.717, 1.165) is 11.3 Å². The van der Waals surface area contributed by atoms with Crippen molar-refractivity contribution in [2.24, 2.45) is 0 Å². The SMILES string of the molecule is CC1=CC(=O)c2nc(Cl)sc2C1=O. The Labute approximate surface area is 83.0 Å². The third-order valence-electron chi connectivity index (χ3n) is 1.75. The molecule has 13 heavy (non-hydrogen) atoms. The van der Waals surface area contributed by atoms with Gasteiger partial charge in [-0.3, -0.25) is 9.59 Å². The van der Waals surface area contributed by atoms with E-state index in [1.54, 1.807) is 6.92 Å². The van der Waals surface area contributed by atoms with Crippen LogP contribution in [0.4, 0.5) is 0 Å². The molecule has 1 aliphatic rings. The molecule has 1 aromatic heterocycles. The van der Waals surface area contributed by atoms with Crippen LogP contribution in [-0.2, 0) is 0 Å². The largest absolute Gasteiger partial charge is 0.288 e. The number of fused-ring (bicyclic) bond motifs is 1. The van der Waals surface area contributed by atoms with E-state index >= 15 is 0 Å². The molecule has 0 unspecified atom stereocenters. The highest BCUT2D eigenvalue weighted by molar-refractivity contribution is 7.18. The van der Waals surface area contributed by atoms with Crippen LogP contribution in [0.1, 0.15) is 27.1 Å². The van der Waals surface area contributed by atoms with Crippen LogP contribution in [0.25, 0.3) is 0 Å². The summed E-state index contributed by atoms with van der Waals surface area (Å²) in [5.41, 5.74) is 0.628. The normalized spacial score (nSPS) is 15.7. The number of nitrogens with zero attached hydrogens (tertiary/aromatic N) is 1. The Balaban J connectivity index is 2.67. The van der Waals surface area contributed by atoms with Gasteiger partial charge in [-0.15, -0.1) is 0 Å². The van der Waals surface area contributed by atoms with Crippen molar-refractivity contribution in [1.29, 1.82) is 0 Å². The van der Waals surface area contributed by atoms with Crippen molar-refractivity contribution in [1.82, 2.24) is 4.98 Å². The summed E-state index contributed by atoms with van der Waals surface area (Å²) in [4.78, 5) is 26.9. The first-order valence-corrected chi connectivity index (χ1v) is 4.72. The molecule has 0 aromatic carbocycles. The Morgan fingerprint density at radius 3 is 2.85 bits per heavy atom. The lowest BCUT2D eigenvalue weighted by molar-refractivity contribution is 0.0985. The lowest BCUT2D eigenvalue weighted by atomic mass is 10.0. The first-order chi connectivity index (χ1) is 6.09. The summed E-state index contributed by atoms with van der Waals surface area (Å²) in [6.07, 6.45) is 1.29. The maximum Gasteiger partial charge on any atom is 0.206 e. The zero-order chi connectivity index (χ0) is 9.59. The molecule has 0 N–H and O–H groups in total. The average Bonchev–Trinajstić information content (AvgIpc) is 2.44. The van der Waals surface area contributed by atoms with Gasteiger partial charge < -0.3 is 0 Å². The minimum Gasteiger partial charge on any atom is -0.288 e. The van der Waals surface area contributed by atoms with Gasteiger partial charge in [0, 0.05) is 5.57 Å². The lowest BCUT2D eigenvalue weighted by Gasteiger charge is -2.04. The molecule has 0 saturated carbocycles. The molecule has 3 nitrogen and oxygen atoms in total. The molecule has 66 valence electrons. The molecule has 1 heterocycles. The molecule has 0 spiro atoms. The molecule has 2 rings (SSSR count). The highest BCUT2D eigenvalue weighted by Crippen LogP contribution is 2.28. The Morgan fingerprint density at radius 2 is 2.15 bits per heavy atom. The van der Waals surface area contributed by atoms with Crippen LogP contribution < -0.4 is 0 Å². The van der Waals surface area contributed by atoms with E-state index in [1.807, 2.05) is 0 Å². The molecular formula is C8H4ClNO2S. The Kier molecular flexibility index (Phi) is 1.82. The van der Waals surface area contributed by atoms with E-state index in [9.17, 15) is 9.59 Å². The fourth-order valence-corrected chi connectivity index (χ4v) is 2.24. The summed E-state index contributed by atoms with van der Waals surface area (Å²) < 4.78 is 0.231. The van der Waals surface area contributed by atoms with Gasteiger partial charge in [-0.1, -0.05) is 22.9 Å². The van der Waals surface area contributed by atoms with Crippen molar-refractivity contribution in [3.8, 4) is 0 Å². The van der Waals surface area contributed by atoms with E-state index in [-0.39, 0.29) is 21.7 Å². The number of thiazole rings is 1. The quantitative estimate of drug-likeness (QED) is 0.663. The number of Topliss-reactive ketones (excluding diaryl/α,β-unsaturated/α-hetero) is 1. The number of allylic oxidation sites excluding steroid dienone is 2. The van der Waals surface area contributed by atoms with Crippen molar-refractivity contribution in [2.45, 2.75) is 6.92 Å². The molecule has 0 aliphatic heterocycles. The van der Waals surface area contributed by atoms with Gasteiger partial charge in [0.05, 0.1) is 0 Å². The first-order valence-electron chi connectivity index (χ1n) is 3.53. The molecule has 0 fully saturated rings. The topological polar surface area (TPSA) is 47.0 Å². The fourth-order valence-electron chi connectivity index (χ4n) is 1.12. The third kappa shape index (κ3) is 1.22. The van der Waals surface area contributed by atoms with Crippen LogP contribution >= 0.6 is 22.9 Å². The monoisotopic (exact) mass is 213 g/mol. The summed E-state index contributed by atoms with van der Waals surface area (Å²) in [6.45, 7) is 1.61. The predicted octanol–water partition coefficient (Wildman–Crippen LogP) is 2.12. The highest BCUT2D eigenvalue weighted by Gasteiger charge is 2.27. The van der Waals surface area contributed by atoms with Crippen LogP contribution in [0.3, 0.4) is 0 Å². The number of aromatic nitrogens is 1. The number of hydrogen-bond donors (Lipinski definition) is 0. The van der Waals surface area contributed by atoms with Crippen LogP contribution in [0, 0.1) is 0 Å². The first kappa shape index (κ1) is 8.59. The van der Waals surface area contributed by atoms with Gasteiger partial charge >= 0.3 is 0 Å². The summed E-state index contributed by atoms with van der Waals surface area (Å²) in [5, 5.41) is 0. The Hall–Kier alpha value is -1.00. The van der Waals surface area contributed by atoms with Crippen molar-refractivity contribution < 1.29 is 9.59 Å². The molecule has 0 bridgehead atoms. The Morgan fingerprint density at radius 1 is 1.46 bits per heavy atom. The van der Waals surface area contributed by atoms with Gasteiger partial charge in [0.15, 0.2) is 4.47 Å². The second-order valence-electron chi connectivity index (χ2n) is 2.67. The highest BCUT2D eigenvalue weighted by atomic mass is 35.5. The van der Waals surface area contributed by atoms with E-state index in [2.05, 4.69) is 4.98 Å². The van der Waals surface area contributed by atoms with Gasteiger partial charge in [0.25, 0.3) is 0 Å². The fraction of sp³-hybridized carbons (Fsp3) is 0.125. The van der Waals surface area contributed by atoms with E-state index < -0.39 is 0 Å². The molecule has 0 atom stereocenters. The van der Waals surface area contributed by atoms with Crippen molar-refractivity contribution in [2.75, 3.05) is 0 Å². The summed E-state index contributed by atoms with van der Waals surface area (Å²) >= 11 is 6.66. The van der Waals surface area contributed by atoms with Crippen LogP contribution in [0.5, 0.6) is 0 Å². The second-order valence-corrected chi connectivity index (χ2v) is 4.25. The number of halogens is 1. The summed E-state index contributed by atoms with van der Waals surface area (Å²) in [7, 11) is 0. The molecule has 5 heteroatoms. The molecule has 0 amide bonds. The third-order valence-corrected chi connectivity index (χ3v) is 2.91. The average molecular weight is 214 g/mol. The van der Waals surface area contributed by atoms with E-state index in [1.165, 1.54) is 6.08 Å². The van der Waals surface area contributed by atoms with Gasteiger partial charge in [-0.25, -0.2) is 4.98 Å². The van der Waals surface area contributed by atoms with Crippen molar-refractivity contribution in [3.63, 3.8) is 0 Å². The van der Waals surface area contributed by atoms with Crippen LogP contribution in [0.2, 0.25) is 4.47 Å². The van der Waals surface area contributed by atoms with Gasteiger partial charge in [-0.2, -0.15) is 0 Å². The minimum atomic E-state index is -0.241. The minimum absolute atomic E-state index is 0.154. The summed E-state index contributed by atoms with van der Waals surface area (Å²) in [6, 6.07) is 0. The lowest BCUT2D eigenvalue weighted by Crippen LogP contribution is -2.13. The van der Waals surface area contributed by atoms with Crippen LogP contribution in [0.15, 0.2) is 11.6 Å². The summed E-state index contributed by atoms with van der Waals surface area (Å²) in [5.74, 6) is -0.394. The predicted molar refractivity (Wildman–Crippen MR) is 49.5 cm³/mol. The maximum absolute atomic E-state index is 11.5.